The molecule has 0 N–H and O–H groups in total. The Morgan fingerprint density at radius 3 is 2.24 bits per heavy atom. The molecule has 0 aromatic heterocycles. The summed E-state index contributed by atoms with van der Waals surface area (Å²) >= 11 is 0. The Balaban J connectivity index is 3.11. The van der Waals surface area contributed by atoms with Crippen LogP contribution in [-0.2, 0) is 19.1 Å². The van der Waals surface area contributed by atoms with Crippen LogP contribution in [0.4, 0.5) is 0 Å². The van der Waals surface area contributed by atoms with Crippen molar-refractivity contribution in [2.24, 2.45) is 0 Å². The average Bonchev–Trinajstić information content (AvgIpc) is 2.25. The number of carbonyl (C=O) groups is 2. The van der Waals surface area contributed by atoms with E-state index >= 15 is 0 Å². The summed E-state index contributed by atoms with van der Waals surface area (Å²) in [6, 6.07) is 0. The smallest absolute Gasteiger partial charge is 0.307 e. The topological polar surface area (TPSA) is 52.6 Å². The van der Waals surface area contributed by atoms with E-state index in [0.717, 1.165) is 38.5 Å². The fourth-order valence-corrected chi connectivity index (χ4v) is 1.32. The molecule has 0 radical (unpaired) electrons. The van der Waals surface area contributed by atoms with Gasteiger partial charge in [-0.1, -0.05) is 19.3 Å². The van der Waals surface area contributed by atoms with Gasteiger partial charge in [-0.2, -0.15) is 0 Å². The molecule has 0 aromatic rings. The minimum Gasteiger partial charge on any atom is -0.466 e. The Kier molecular flexibility index (Phi) is 10.3. The van der Waals surface area contributed by atoms with Gasteiger partial charge in [0, 0.05) is 13.8 Å². The molecular formula is C13H22O4. The van der Waals surface area contributed by atoms with Crippen LogP contribution < -0.4 is 0 Å². The highest BCUT2D eigenvalue weighted by Gasteiger charge is 1.93. The SMILES string of the molecule is CC(=O)O/C=C/CCCCCCCOC(C)=O. The zero-order valence-electron chi connectivity index (χ0n) is 10.7. The first kappa shape index (κ1) is 15.7. The third kappa shape index (κ3) is 14.7. The van der Waals surface area contributed by atoms with Crippen molar-refractivity contribution in [1.29, 1.82) is 0 Å². The number of hydrogen-bond acceptors (Lipinski definition) is 4. The van der Waals surface area contributed by atoms with Crippen LogP contribution in [0.25, 0.3) is 0 Å². The van der Waals surface area contributed by atoms with E-state index < -0.39 is 0 Å². The first-order valence-corrected chi connectivity index (χ1v) is 6.08. The Bertz CT molecular complexity index is 246. The number of hydrogen-bond donors (Lipinski definition) is 0. The average molecular weight is 242 g/mol. The zero-order chi connectivity index (χ0) is 12.9. The summed E-state index contributed by atoms with van der Waals surface area (Å²) in [5, 5.41) is 0. The van der Waals surface area contributed by atoms with Gasteiger partial charge in [-0.15, -0.1) is 0 Å². The first-order valence-electron chi connectivity index (χ1n) is 6.08. The lowest BCUT2D eigenvalue weighted by atomic mass is 10.1. The summed E-state index contributed by atoms with van der Waals surface area (Å²) in [5.74, 6) is -0.493. The van der Waals surface area contributed by atoms with Gasteiger partial charge in [0.05, 0.1) is 12.9 Å². The van der Waals surface area contributed by atoms with Crippen molar-refractivity contribution in [1.82, 2.24) is 0 Å². The number of rotatable bonds is 9. The quantitative estimate of drug-likeness (QED) is 0.354. The number of allylic oxidation sites excluding steroid dienone is 1. The predicted molar refractivity (Wildman–Crippen MR) is 65.2 cm³/mol. The number of esters is 2. The molecule has 0 heterocycles. The molecule has 0 fully saturated rings. The molecule has 0 rings (SSSR count). The molecule has 98 valence electrons. The zero-order valence-corrected chi connectivity index (χ0v) is 10.7. The fourth-order valence-electron chi connectivity index (χ4n) is 1.32. The molecule has 0 spiro atoms. The largest absolute Gasteiger partial charge is 0.466 e. The molecule has 4 heteroatoms. The van der Waals surface area contributed by atoms with Gasteiger partial charge in [-0.25, -0.2) is 0 Å². The van der Waals surface area contributed by atoms with Crippen LogP contribution in [0.3, 0.4) is 0 Å². The third-order valence-corrected chi connectivity index (χ3v) is 2.15. The maximum atomic E-state index is 10.5. The summed E-state index contributed by atoms with van der Waals surface area (Å²) in [6.45, 7) is 3.34. The van der Waals surface area contributed by atoms with E-state index in [1.165, 1.54) is 20.1 Å². The molecule has 0 atom stereocenters. The number of ether oxygens (including phenoxy) is 2. The van der Waals surface area contributed by atoms with Crippen molar-refractivity contribution in [2.45, 2.75) is 52.4 Å². The molecule has 0 aliphatic heterocycles. The Labute approximate surface area is 103 Å². The number of unbranched alkanes of at least 4 members (excludes halogenated alkanes) is 5. The summed E-state index contributed by atoms with van der Waals surface area (Å²) in [4.78, 5) is 20.9. The minimum absolute atomic E-state index is 0.208. The highest BCUT2D eigenvalue weighted by molar-refractivity contribution is 5.66. The molecule has 4 nitrogen and oxygen atoms in total. The molecule has 0 saturated heterocycles. The molecule has 0 aliphatic rings. The van der Waals surface area contributed by atoms with Gasteiger partial charge >= 0.3 is 11.9 Å². The molecule has 0 aromatic carbocycles. The second-order valence-electron chi connectivity index (χ2n) is 3.88. The van der Waals surface area contributed by atoms with Crippen LogP contribution in [-0.4, -0.2) is 18.5 Å². The third-order valence-electron chi connectivity index (χ3n) is 2.15. The van der Waals surface area contributed by atoms with E-state index in [1.807, 2.05) is 6.08 Å². The second-order valence-corrected chi connectivity index (χ2v) is 3.88. The minimum atomic E-state index is -0.285. The van der Waals surface area contributed by atoms with Crippen molar-refractivity contribution >= 4 is 11.9 Å². The van der Waals surface area contributed by atoms with Gasteiger partial charge in [-0.05, 0) is 25.3 Å². The predicted octanol–water partition coefficient (Wildman–Crippen LogP) is 2.97. The molecule has 0 saturated carbocycles. The molecular weight excluding hydrogens is 220 g/mol. The molecule has 0 amide bonds. The van der Waals surface area contributed by atoms with Gasteiger partial charge in [0.15, 0.2) is 0 Å². The van der Waals surface area contributed by atoms with E-state index in [-0.39, 0.29) is 11.9 Å². The van der Waals surface area contributed by atoms with E-state index in [4.69, 9.17) is 4.74 Å². The molecule has 0 aliphatic carbocycles. The molecule has 0 bridgehead atoms. The van der Waals surface area contributed by atoms with E-state index in [9.17, 15) is 9.59 Å². The summed E-state index contributed by atoms with van der Waals surface area (Å²) < 4.78 is 9.48. The van der Waals surface area contributed by atoms with Crippen molar-refractivity contribution in [3.8, 4) is 0 Å². The highest BCUT2D eigenvalue weighted by Crippen LogP contribution is 2.06. The van der Waals surface area contributed by atoms with Crippen molar-refractivity contribution in [3.63, 3.8) is 0 Å². The Morgan fingerprint density at radius 2 is 1.59 bits per heavy atom. The van der Waals surface area contributed by atoms with Gasteiger partial charge in [0.25, 0.3) is 0 Å². The maximum absolute atomic E-state index is 10.5. The monoisotopic (exact) mass is 242 g/mol. The van der Waals surface area contributed by atoms with Crippen LogP contribution in [0.5, 0.6) is 0 Å². The molecule has 0 unspecified atom stereocenters. The van der Waals surface area contributed by atoms with Crippen LogP contribution in [0.15, 0.2) is 12.3 Å². The van der Waals surface area contributed by atoms with Crippen molar-refractivity contribution in [2.75, 3.05) is 6.61 Å². The Morgan fingerprint density at radius 1 is 0.941 bits per heavy atom. The van der Waals surface area contributed by atoms with Crippen LogP contribution in [0.1, 0.15) is 52.4 Å². The van der Waals surface area contributed by atoms with E-state index in [2.05, 4.69) is 4.74 Å². The number of carbonyl (C=O) groups excluding carboxylic acids is 2. The summed E-state index contributed by atoms with van der Waals surface area (Å²) in [5.41, 5.74) is 0. The second kappa shape index (κ2) is 11.2. The maximum Gasteiger partial charge on any atom is 0.307 e. The van der Waals surface area contributed by atoms with Crippen molar-refractivity contribution in [3.05, 3.63) is 12.3 Å². The van der Waals surface area contributed by atoms with Crippen LogP contribution >= 0.6 is 0 Å². The fraction of sp³-hybridized carbons (Fsp3) is 0.692. The van der Waals surface area contributed by atoms with Crippen LogP contribution in [0.2, 0.25) is 0 Å². The van der Waals surface area contributed by atoms with E-state index in [0.29, 0.717) is 6.61 Å². The van der Waals surface area contributed by atoms with Crippen LogP contribution in [0, 0.1) is 0 Å². The lowest BCUT2D eigenvalue weighted by Gasteiger charge is -2.01. The summed E-state index contributed by atoms with van der Waals surface area (Å²) in [7, 11) is 0. The van der Waals surface area contributed by atoms with E-state index in [1.54, 1.807) is 0 Å². The van der Waals surface area contributed by atoms with Gasteiger partial charge < -0.3 is 9.47 Å². The summed E-state index contributed by atoms with van der Waals surface area (Å²) in [6.07, 6.45) is 9.63. The molecule has 17 heavy (non-hydrogen) atoms. The van der Waals surface area contributed by atoms with Gasteiger partial charge in [0.1, 0.15) is 0 Å². The highest BCUT2D eigenvalue weighted by atomic mass is 16.5. The normalized spacial score (nSPS) is 10.5. The standard InChI is InChI=1S/C13H22O4/c1-12(14)16-10-8-6-4-3-5-7-9-11-17-13(2)15/h8,10H,3-7,9,11H2,1-2H3/b10-8+. The lowest BCUT2D eigenvalue weighted by molar-refractivity contribution is -0.141. The van der Waals surface area contributed by atoms with Gasteiger partial charge in [0.2, 0.25) is 0 Å². The van der Waals surface area contributed by atoms with Crippen molar-refractivity contribution < 1.29 is 19.1 Å². The van der Waals surface area contributed by atoms with Gasteiger partial charge in [-0.3, -0.25) is 9.59 Å². The Hall–Kier alpha value is -1.32. The lowest BCUT2D eigenvalue weighted by Crippen LogP contribution is -1.99. The first-order chi connectivity index (χ1) is 8.13.